The summed E-state index contributed by atoms with van der Waals surface area (Å²) in [6.45, 7) is 2.25. The number of methoxy groups -OCH3 is 1. The van der Waals surface area contributed by atoms with Gasteiger partial charge in [-0.15, -0.1) is 0 Å². The van der Waals surface area contributed by atoms with E-state index >= 15 is 0 Å². The van der Waals surface area contributed by atoms with Gasteiger partial charge in [0.15, 0.2) is 0 Å². The summed E-state index contributed by atoms with van der Waals surface area (Å²) in [7, 11) is 1.64. The maximum Gasteiger partial charge on any atom is 0.221 e. The van der Waals surface area contributed by atoms with E-state index in [1.54, 1.807) is 19.5 Å². The minimum absolute atomic E-state index is 0.0259. The summed E-state index contributed by atoms with van der Waals surface area (Å²) in [6, 6.07) is 17.9. The molecule has 1 heterocycles. The Bertz CT molecular complexity index is 862. The lowest BCUT2D eigenvalue weighted by Crippen LogP contribution is -2.25. The summed E-state index contributed by atoms with van der Waals surface area (Å²) in [4.78, 5) is 21.1. The Labute approximate surface area is 159 Å². The van der Waals surface area contributed by atoms with Crippen molar-refractivity contribution in [3.8, 4) is 5.75 Å². The van der Waals surface area contributed by atoms with E-state index in [0.717, 1.165) is 28.3 Å². The standard InChI is InChI=1S/C22H23N3O2/c1-16-13-24-19(14-23-16)15-25-22(26)12-21(17-6-4-3-5-7-17)18-8-10-20(27-2)11-9-18/h3-11,13-14,21H,12,15H2,1-2H3,(H,25,26)/t21-/m1/s1. The van der Waals surface area contributed by atoms with Gasteiger partial charge in [-0.05, 0) is 30.2 Å². The number of nitrogens with zero attached hydrogens (tertiary/aromatic N) is 2. The fourth-order valence-electron chi connectivity index (χ4n) is 2.91. The lowest BCUT2D eigenvalue weighted by Gasteiger charge is -2.18. The van der Waals surface area contributed by atoms with Crippen LogP contribution in [-0.2, 0) is 11.3 Å². The fraction of sp³-hybridized carbons (Fsp3) is 0.227. The maximum absolute atomic E-state index is 12.6. The lowest BCUT2D eigenvalue weighted by molar-refractivity contribution is -0.121. The molecule has 1 N–H and O–H groups in total. The third-order valence-corrected chi connectivity index (χ3v) is 4.41. The Hall–Kier alpha value is -3.21. The summed E-state index contributed by atoms with van der Waals surface area (Å²) in [5, 5.41) is 2.94. The van der Waals surface area contributed by atoms with Gasteiger partial charge in [0.25, 0.3) is 0 Å². The molecule has 1 aromatic heterocycles. The first-order chi connectivity index (χ1) is 13.2. The molecule has 0 radical (unpaired) electrons. The van der Waals surface area contributed by atoms with E-state index < -0.39 is 0 Å². The molecule has 3 aromatic rings. The highest BCUT2D eigenvalue weighted by Crippen LogP contribution is 2.29. The van der Waals surface area contributed by atoms with E-state index in [1.807, 2.05) is 61.5 Å². The number of carbonyl (C=O) groups excluding carboxylic acids is 1. The smallest absolute Gasteiger partial charge is 0.221 e. The van der Waals surface area contributed by atoms with Crippen molar-refractivity contribution in [1.29, 1.82) is 0 Å². The molecule has 0 unspecified atom stereocenters. The van der Waals surface area contributed by atoms with Crippen LogP contribution in [0.25, 0.3) is 0 Å². The third-order valence-electron chi connectivity index (χ3n) is 4.41. The fourth-order valence-corrected chi connectivity index (χ4v) is 2.91. The van der Waals surface area contributed by atoms with Gasteiger partial charge >= 0.3 is 0 Å². The quantitative estimate of drug-likeness (QED) is 0.698. The van der Waals surface area contributed by atoms with Gasteiger partial charge in [0, 0.05) is 18.5 Å². The van der Waals surface area contributed by atoms with Gasteiger partial charge in [0.1, 0.15) is 5.75 Å². The minimum Gasteiger partial charge on any atom is -0.497 e. The number of hydrogen-bond acceptors (Lipinski definition) is 4. The molecule has 0 bridgehead atoms. The maximum atomic E-state index is 12.6. The van der Waals surface area contributed by atoms with Crippen molar-refractivity contribution in [3.63, 3.8) is 0 Å². The number of aryl methyl sites for hydroxylation is 1. The predicted molar refractivity (Wildman–Crippen MR) is 105 cm³/mol. The van der Waals surface area contributed by atoms with E-state index in [-0.39, 0.29) is 11.8 Å². The summed E-state index contributed by atoms with van der Waals surface area (Å²) in [6.07, 6.45) is 3.75. The molecular formula is C22H23N3O2. The molecule has 0 spiro atoms. The van der Waals surface area contributed by atoms with E-state index in [9.17, 15) is 4.79 Å². The highest BCUT2D eigenvalue weighted by Gasteiger charge is 2.18. The number of benzene rings is 2. The number of ether oxygens (including phenoxy) is 1. The molecular weight excluding hydrogens is 338 g/mol. The number of aromatic nitrogens is 2. The van der Waals surface area contributed by atoms with Crippen LogP contribution in [0.3, 0.4) is 0 Å². The Kier molecular flexibility index (Phi) is 6.15. The third kappa shape index (κ3) is 5.14. The average molecular weight is 361 g/mol. The molecule has 3 rings (SSSR count). The van der Waals surface area contributed by atoms with Gasteiger partial charge in [-0.3, -0.25) is 14.8 Å². The topological polar surface area (TPSA) is 64.1 Å². The van der Waals surface area contributed by atoms with E-state index in [0.29, 0.717) is 13.0 Å². The summed E-state index contributed by atoms with van der Waals surface area (Å²) in [5.41, 5.74) is 3.78. The van der Waals surface area contributed by atoms with Crippen molar-refractivity contribution >= 4 is 5.91 Å². The van der Waals surface area contributed by atoms with Crippen LogP contribution in [0.15, 0.2) is 67.0 Å². The van der Waals surface area contributed by atoms with Crippen LogP contribution in [0.2, 0.25) is 0 Å². The molecule has 0 aliphatic heterocycles. The normalized spacial score (nSPS) is 11.6. The van der Waals surface area contributed by atoms with E-state index in [1.165, 1.54) is 0 Å². The monoisotopic (exact) mass is 361 g/mol. The average Bonchev–Trinajstić information content (AvgIpc) is 2.72. The van der Waals surface area contributed by atoms with Crippen LogP contribution in [0.5, 0.6) is 5.75 Å². The van der Waals surface area contributed by atoms with Crippen LogP contribution >= 0.6 is 0 Å². The first kappa shape index (κ1) is 18.6. The highest BCUT2D eigenvalue weighted by atomic mass is 16.5. The largest absolute Gasteiger partial charge is 0.497 e. The first-order valence-electron chi connectivity index (χ1n) is 8.89. The Morgan fingerprint density at radius 2 is 1.70 bits per heavy atom. The molecule has 5 nitrogen and oxygen atoms in total. The van der Waals surface area contributed by atoms with Crippen molar-refractivity contribution < 1.29 is 9.53 Å². The molecule has 0 saturated heterocycles. The molecule has 1 amide bonds. The van der Waals surface area contributed by atoms with Crippen molar-refractivity contribution in [2.24, 2.45) is 0 Å². The first-order valence-corrected chi connectivity index (χ1v) is 8.89. The van der Waals surface area contributed by atoms with Gasteiger partial charge in [-0.1, -0.05) is 42.5 Å². The second kappa shape index (κ2) is 8.94. The molecule has 27 heavy (non-hydrogen) atoms. The van der Waals surface area contributed by atoms with Crippen LogP contribution in [0.4, 0.5) is 0 Å². The molecule has 0 aliphatic rings. The Balaban J connectivity index is 1.72. The second-order valence-corrected chi connectivity index (χ2v) is 6.37. The van der Waals surface area contributed by atoms with Crippen LogP contribution in [0.1, 0.15) is 34.9 Å². The zero-order valence-electron chi connectivity index (χ0n) is 15.6. The number of nitrogens with one attached hydrogen (secondary N) is 1. The second-order valence-electron chi connectivity index (χ2n) is 6.37. The van der Waals surface area contributed by atoms with Gasteiger partial charge in [0.05, 0.1) is 31.2 Å². The van der Waals surface area contributed by atoms with Gasteiger partial charge in [-0.2, -0.15) is 0 Å². The highest BCUT2D eigenvalue weighted by molar-refractivity contribution is 5.77. The van der Waals surface area contributed by atoms with Crippen molar-refractivity contribution in [2.75, 3.05) is 7.11 Å². The number of carbonyl (C=O) groups is 1. The molecule has 2 aromatic carbocycles. The number of rotatable bonds is 7. The van der Waals surface area contributed by atoms with Crippen molar-refractivity contribution in [3.05, 3.63) is 89.5 Å². The molecule has 1 atom stereocenters. The molecule has 5 heteroatoms. The summed E-state index contributed by atoms with van der Waals surface area (Å²) >= 11 is 0. The van der Waals surface area contributed by atoms with Gasteiger partial charge in [-0.25, -0.2) is 0 Å². The van der Waals surface area contributed by atoms with Crippen LogP contribution in [0, 0.1) is 6.92 Å². The Morgan fingerprint density at radius 1 is 1.00 bits per heavy atom. The van der Waals surface area contributed by atoms with E-state index in [2.05, 4.69) is 15.3 Å². The lowest BCUT2D eigenvalue weighted by atomic mass is 9.88. The predicted octanol–water partition coefficient (Wildman–Crippen LogP) is 3.63. The van der Waals surface area contributed by atoms with Crippen molar-refractivity contribution in [2.45, 2.75) is 25.8 Å². The van der Waals surface area contributed by atoms with Crippen LogP contribution < -0.4 is 10.1 Å². The van der Waals surface area contributed by atoms with Gasteiger partial charge < -0.3 is 10.1 Å². The van der Waals surface area contributed by atoms with Gasteiger partial charge in [0.2, 0.25) is 5.91 Å². The number of amides is 1. The van der Waals surface area contributed by atoms with Crippen molar-refractivity contribution in [1.82, 2.24) is 15.3 Å². The summed E-state index contributed by atoms with van der Waals surface area (Å²) in [5.74, 6) is 0.746. The number of hydrogen-bond donors (Lipinski definition) is 1. The van der Waals surface area contributed by atoms with E-state index in [4.69, 9.17) is 4.74 Å². The Morgan fingerprint density at radius 3 is 2.33 bits per heavy atom. The zero-order valence-corrected chi connectivity index (χ0v) is 15.6. The minimum atomic E-state index is -0.0267. The summed E-state index contributed by atoms with van der Waals surface area (Å²) < 4.78 is 5.24. The molecule has 0 fully saturated rings. The SMILES string of the molecule is COc1ccc([C@H](CC(=O)NCc2cnc(C)cn2)c2ccccc2)cc1. The molecule has 138 valence electrons. The van der Waals surface area contributed by atoms with Crippen LogP contribution in [-0.4, -0.2) is 23.0 Å². The molecule has 0 aliphatic carbocycles. The zero-order chi connectivity index (χ0) is 19.1. The molecule has 0 saturated carbocycles.